The van der Waals surface area contributed by atoms with Crippen LogP contribution in [0.3, 0.4) is 0 Å². The maximum atomic E-state index is 12.5. The molecule has 176 valence electrons. The molecule has 0 radical (unpaired) electrons. The number of hydrogen-bond donors (Lipinski definition) is 9. The summed E-state index contributed by atoms with van der Waals surface area (Å²) in [7, 11) is 0. The molecule has 0 aliphatic rings. The average molecular weight is 464 g/mol. The number of carbonyl (C=O) groups excluding carboxylic acids is 3. The van der Waals surface area contributed by atoms with Gasteiger partial charge in [-0.05, 0) is 19.3 Å². The second-order valence-corrected chi connectivity index (χ2v) is 6.77. The van der Waals surface area contributed by atoms with Gasteiger partial charge in [-0.1, -0.05) is 0 Å². The topological polar surface area (TPSA) is 252 Å². The predicted molar refractivity (Wildman–Crippen MR) is 113 cm³/mol. The van der Waals surface area contributed by atoms with Crippen LogP contribution in [-0.4, -0.2) is 82.8 Å². The number of guanidine groups is 1. The van der Waals surface area contributed by atoms with E-state index in [4.69, 9.17) is 27.4 Å². The van der Waals surface area contributed by atoms with Crippen molar-refractivity contribution in [1.82, 2.24) is 16.0 Å². The lowest BCUT2D eigenvalue weighted by Gasteiger charge is -2.23. The van der Waals surface area contributed by atoms with Gasteiger partial charge >= 0.3 is 11.9 Å². The molecule has 0 bridgehead atoms. The summed E-state index contributed by atoms with van der Waals surface area (Å²) in [5, 5.41) is 24.3. The fourth-order valence-corrected chi connectivity index (χ4v) is 2.47. The fourth-order valence-electron chi connectivity index (χ4n) is 2.21. The van der Waals surface area contributed by atoms with Gasteiger partial charge in [-0.2, -0.15) is 12.6 Å². The highest BCUT2D eigenvalue weighted by atomic mass is 32.1. The first-order chi connectivity index (χ1) is 14.5. The molecule has 11 N–H and O–H groups in total. The van der Waals surface area contributed by atoms with Crippen molar-refractivity contribution in [3.8, 4) is 0 Å². The van der Waals surface area contributed by atoms with Crippen molar-refractivity contribution in [3.63, 3.8) is 0 Å². The van der Waals surface area contributed by atoms with Gasteiger partial charge in [0, 0.05) is 18.7 Å². The predicted octanol–water partition coefficient (Wildman–Crippen LogP) is -3.67. The smallest absolute Gasteiger partial charge is 0.322 e. The van der Waals surface area contributed by atoms with E-state index in [1.807, 2.05) is 0 Å². The minimum Gasteiger partial charge on any atom is -0.481 e. The summed E-state index contributed by atoms with van der Waals surface area (Å²) in [4.78, 5) is 61.8. The van der Waals surface area contributed by atoms with E-state index in [-0.39, 0.29) is 37.5 Å². The van der Waals surface area contributed by atoms with Crippen LogP contribution in [0.2, 0.25) is 0 Å². The van der Waals surface area contributed by atoms with E-state index in [9.17, 15) is 24.0 Å². The van der Waals surface area contributed by atoms with Crippen molar-refractivity contribution in [2.24, 2.45) is 22.2 Å². The van der Waals surface area contributed by atoms with Gasteiger partial charge in [0.15, 0.2) is 5.96 Å². The third-order valence-corrected chi connectivity index (χ3v) is 4.18. The van der Waals surface area contributed by atoms with Gasteiger partial charge in [-0.15, -0.1) is 0 Å². The highest BCUT2D eigenvalue weighted by Crippen LogP contribution is 2.02. The van der Waals surface area contributed by atoms with Crippen LogP contribution in [0.25, 0.3) is 0 Å². The summed E-state index contributed by atoms with van der Waals surface area (Å²) in [6.07, 6.45) is -0.0817. The van der Waals surface area contributed by atoms with Crippen molar-refractivity contribution in [2.45, 2.75) is 43.8 Å². The average Bonchev–Trinajstić information content (AvgIpc) is 2.69. The molecule has 3 amide bonds. The molecule has 0 rings (SSSR count). The van der Waals surface area contributed by atoms with Crippen molar-refractivity contribution in [2.75, 3.05) is 18.8 Å². The normalized spacial score (nSPS) is 13.2. The van der Waals surface area contributed by atoms with Gasteiger partial charge in [-0.25, -0.2) is 0 Å². The van der Waals surface area contributed by atoms with E-state index in [0.29, 0.717) is 6.42 Å². The second-order valence-electron chi connectivity index (χ2n) is 6.40. The van der Waals surface area contributed by atoms with Gasteiger partial charge in [-0.3, -0.25) is 29.0 Å². The number of amides is 3. The number of carbonyl (C=O) groups is 5. The van der Waals surface area contributed by atoms with Crippen molar-refractivity contribution in [3.05, 3.63) is 0 Å². The minimum atomic E-state index is -1.27. The molecule has 0 aromatic heterocycles. The van der Waals surface area contributed by atoms with Crippen LogP contribution in [-0.2, 0) is 24.0 Å². The third-order valence-electron chi connectivity index (χ3n) is 3.81. The van der Waals surface area contributed by atoms with Crippen LogP contribution in [0.15, 0.2) is 4.99 Å². The molecule has 14 nitrogen and oxygen atoms in total. The van der Waals surface area contributed by atoms with Crippen LogP contribution in [0.5, 0.6) is 0 Å². The summed E-state index contributed by atoms with van der Waals surface area (Å²) >= 11 is 4.00. The minimum absolute atomic E-state index is 0.0827. The Morgan fingerprint density at radius 1 is 0.903 bits per heavy atom. The highest BCUT2D eigenvalue weighted by Gasteiger charge is 2.27. The van der Waals surface area contributed by atoms with E-state index in [0.717, 1.165) is 0 Å². The number of aliphatic imine (C=N–C) groups is 1. The summed E-state index contributed by atoms with van der Waals surface area (Å²) in [6, 6.07) is -3.44. The van der Waals surface area contributed by atoms with Crippen LogP contribution >= 0.6 is 12.6 Å². The van der Waals surface area contributed by atoms with E-state index < -0.39 is 54.3 Å². The molecule has 0 aromatic rings. The Balaban J connectivity index is 5.03. The molecule has 3 unspecified atom stereocenters. The highest BCUT2D eigenvalue weighted by molar-refractivity contribution is 7.80. The number of carboxylic acids is 2. The van der Waals surface area contributed by atoms with Crippen molar-refractivity contribution < 1.29 is 34.2 Å². The molecule has 0 saturated carbocycles. The van der Waals surface area contributed by atoms with Crippen molar-refractivity contribution >= 4 is 48.2 Å². The lowest BCUT2D eigenvalue weighted by atomic mass is 10.1. The zero-order chi connectivity index (χ0) is 24.0. The Morgan fingerprint density at radius 2 is 1.52 bits per heavy atom. The van der Waals surface area contributed by atoms with Crippen LogP contribution in [0.1, 0.15) is 25.7 Å². The number of nitrogens with two attached hydrogens (primary N) is 3. The van der Waals surface area contributed by atoms with E-state index in [1.54, 1.807) is 0 Å². The lowest BCUT2D eigenvalue weighted by molar-refractivity contribution is -0.139. The first kappa shape index (κ1) is 27.9. The number of thiol groups is 1. The SMILES string of the molecule is NC(N)=NCCCC(NC(=O)C(CS)NC(=O)C(N)CCC(=O)O)C(=O)NCC(=O)O. The molecular weight excluding hydrogens is 434 g/mol. The van der Waals surface area contributed by atoms with E-state index in [1.165, 1.54) is 0 Å². The standard InChI is InChI=1S/C16H29N7O7S/c17-8(3-4-11(24)25)13(28)23-10(7-31)15(30)22-9(2-1-5-20-16(18)19)14(29)21-6-12(26)27/h8-10,31H,1-7,17H2,(H,21,29)(H,22,30)(H,23,28)(H,24,25)(H,26,27)(H4,18,19,20). The Kier molecular flexibility index (Phi) is 13.4. The molecular formula is C16H29N7O7S. The van der Waals surface area contributed by atoms with Gasteiger partial charge in [0.1, 0.15) is 18.6 Å². The summed E-state index contributed by atoms with van der Waals surface area (Å²) < 4.78 is 0. The quantitative estimate of drug-likeness (QED) is 0.0497. The third kappa shape index (κ3) is 13.0. The molecule has 0 aliphatic carbocycles. The number of aliphatic carboxylic acids is 2. The maximum Gasteiger partial charge on any atom is 0.322 e. The molecule has 15 heteroatoms. The molecule has 0 heterocycles. The van der Waals surface area contributed by atoms with Crippen LogP contribution in [0, 0.1) is 0 Å². The monoisotopic (exact) mass is 463 g/mol. The Morgan fingerprint density at radius 3 is 2.03 bits per heavy atom. The number of nitrogens with one attached hydrogen (secondary N) is 3. The van der Waals surface area contributed by atoms with Gasteiger partial charge < -0.3 is 43.4 Å². The molecule has 0 spiro atoms. The largest absolute Gasteiger partial charge is 0.481 e. The Labute approximate surface area is 183 Å². The fraction of sp³-hybridized carbons (Fsp3) is 0.625. The summed E-state index contributed by atoms with van der Waals surface area (Å²) in [5.41, 5.74) is 16.0. The second kappa shape index (κ2) is 14.8. The van der Waals surface area contributed by atoms with E-state index in [2.05, 4.69) is 33.6 Å². The van der Waals surface area contributed by atoms with Crippen LogP contribution in [0.4, 0.5) is 0 Å². The summed E-state index contributed by atoms with van der Waals surface area (Å²) in [6.45, 7) is -0.476. The molecule has 0 fully saturated rings. The zero-order valence-electron chi connectivity index (χ0n) is 16.7. The molecule has 0 saturated heterocycles. The Hall–Kier alpha value is -3.07. The molecule has 0 aromatic carbocycles. The number of nitrogens with zero attached hydrogens (tertiary/aromatic N) is 1. The number of rotatable bonds is 15. The molecule has 0 aliphatic heterocycles. The van der Waals surface area contributed by atoms with Gasteiger partial charge in [0.25, 0.3) is 0 Å². The summed E-state index contributed by atoms with van der Waals surface area (Å²) in [5.74, 6) is -4.93. The zero-order valence-corrected chi connectivity index (χ0v) is 17.6. The molecule has 31 heavy (non-hydrogen) atoms. The number of carboxylic acid groups (broad SMARTS) is 2. The first-order valence-corrected chi connectivity index (χ1v) is 9.85. The van der Waals surface area contributed by atoms with Gasteiger partial charge in [0.05, 0.1) is 6.04 Å². The molecule has 3 atom stereocenters. The van der Waals surface area contributed by atoms with Gasteiger partial charge in [0.2, 0.25) is 17.7 Å². The maximum absolute atomic E-state index is 12.5. The van der Waals surface area contributed by atoms with Crippen molar-refractivity contribution in [1.29, 1.82) is 0 Å². The van der Waals surface area contributed by atoms with Crippen LogP contribution < -0.4 is 33.2 Å². The lowest BCUT2D eigenvalue weighted by Crippen LogP contribution is -2.56. The Bertz CT molecular complexity index is 685. The number of hydrogen-bond acceptors (Lipinski definition) is 8. The first-order valence-electron chi connectivity index (χ1n) is 9.21. The van der Waals surface area contributed by atoms with E-state index >= 15 is 0 Å².